The van der Waals surface area contributed by atoms with Gasteiger partial charge in [-0.1, -0.05) is 36.4 Å². The van der Waals surface area contributed by atoms with E-state index < -0.39 is 0 Å². The molecule has 30 heavy (non-hydrogen) atoms. The van der Waals surface area contributed by atoms with Gasteiger partial charge in [0.05, 0.1) is 6.61 Å². The Bertz CT molecular complexity index is 1230. The number of rotatable bonds is 3. The van der Waals surface area contributed by atoms with Gasteiger partial charge in [-0.25, -0.2) is 0 Å². The molecule has 0 bridgehead atoms. The van der Waals surface area contributed by atoms with Crippen LogP contribution in [-0.4, -0.2) is 22.6 Å². The van der Waals surface area contributed by atoms with E-state index in [1.165, 1.54) is 17.9 Å². The van der Waals surface area contributed by atoms with E-state index in [-0.39, 0.29) is 23.5 Å². The summed E-state index contributed by atoms with van der Waals surface area (Å²) in [7, 11) is 0. The number of phenols is 1. The number of aromatic nitrogens is 1. The molecule has 0 fully saturated rings. The number of amides is 1. The lowest BCUT2D eigenvalue weighted by molar-refractivity contribution is -0.114. The summed E-state index contributed by atoms with van der Waals surface area (Å²) in [5.41, 5.74) is 5.26. The maximum Gasteiger partial charge on any atom is 0.221 e. The summed E-state index contributed by atoms with van der Waals surface area (Å²) >= 11 is 0. The molecule has 1 amide bonds. The molecule has 5 rings (SSSR count). The fourth-order valence-electron chi connectivity index (χ4n) is 4.46. The highest BCUT2D eigenvalue weighted by molar-refractivity contribution is 5.88. The number of ether oxygens (including phenoxy) is 1. The third-order valence-corrected chi connectivity index (χ3v) is 5.76. The standard InChI is InChI=1S/C25H22N2O3/c1-15(28)27-17-8-6-16(7-9-17)25-20-11-10-18(29)12-24(20)30-14-22(25)21-13-26-23-5-3-2-4-19(21)23/h2-13,22,25-26,29H,14H2,1H3,(H,27,28)/t22-,25-/m1/s1. The minimum atomic E-state index is -0.0914. The van der Waals surface area contributed by atoms with Crippen molar-refractivity contribution in [3.05, 3.63) is 89.6 Å². The van der Waals surface area contributed by atoms with Gasteiger partial charge in [0.2, 0.25) is 5.91 Å². The van der Waals surface area contributed by atoms with Crippen molar-refractivity contribution in [3.8, 4) is 11.5 Å². The molecule has 1 aromatic heterocycles. The molecule has 0 spiro atoms. The van der Waals surface area contributed by atoms with Crippen LogP contribution < -0.4 is 10.1 Å². The molecule has 0 saturated carbocycles. The summed E-state index contributed by atoms with van der Waals surface area (Å²) in [5, 5.41) is 13.9. The number of hydrogen-bond acceptors (Lipinski definition) is 3. The maximum absolute atomic E-state index is 11.4. The molecular weight excluding hydrogens is 376 g/mol. The first-order valence-corrected chi connectivity index (χ1v) is 9.99. The van der Waals surface area contributed by atoms with Crippen LogP contribution in [-0.2, 0) is 4.79 Å². The number of phenolic OH excluding ortho intramolecular Hbond substituents is 1. The van der Waals surface area contributed by atoms with E-state index in [4.69, 9.17) is 4.74 Å². The number of para-hydroxylation sites is 1. The second kappa shape index (κ2) is 7.26. The van der Waals surface area contributed by atoms with Gasteiger partial charge in [0.15, 0.2) is 0 Å². The third-order valence-electron chi connectivity index (χ3n) is 5.76. The van der Waals surface area contributed by atoms with Crippen LogP contribution in [0.1, 0.15) is 35.4 Å². The van der Waals surface area contributed by atoms with Gasteiger partial charge in [-0.05, 0) is 35.4 Å². The van der Waals surface area contributed by atoms with Crippen molar-refractivity contribution in [2.45, 2.75) is 18.8 Å². The van der Waals surface area contributed by atoms with Crippen LogP contribution in [0.25, 0.3) is 10.9 Å². The molecule has 1 aliphatic heterocycles. The number of hydrogen-bond donors (Lipinski definition) is 3. The highest BCUT2D eigenvalue weighted by Gasteiger charge is 2.34. The second-order valence-corrected chi connectivity index (χ2v) is 7.71. The SMILES string of the molecule is CC(=O)Nc1ccc([C@@H]2c3ccc(O)cc3OC[C@@H]2c2c[nH]c3ccccc23)cc1. The van der Waals surface area contributed by atoms with Gasteiger partial charge in [-0.2, -0.15) is 0 Å². The summed E-state index contributed by atoms with van der Waals surface area (Å²) < 4.78 is 6.09. The molecule has 2 heterocycles. The van der Waals surface area contributed by atoms with Crippen molar-refractivity contribution in [1.29, 1.82) is 0 Å². The number of carbonyl (C=O) groups is 1. The molecule has 0 aliphatic carbocycles. The molecule has 0 unspecified atom stereocenters. The average molecular weight is 398 g/mol. The van der Waals surface area contributed by atoms with Crippen LogP contribution in [0.3, 0.4) is 0 Å². The molecular formula is C25H22N2O3. The first kappa shape index (κ1) is 18.3. The minimum Gasteiger partial charge on any atom is -0.508 e. The van der Waals surface area contributed by atoms with Crippen molar-refractivity contribution in [3.63, 3.8) is 0 Å². The zero-order valence-corrected chi connectivity index (χ0v) is 16.6. The molecule has 3 N–H and O–H groups in total. The molecule has 5 nitrogen and oxygen atoms in total. The van der Waals surface area contributed by atoms with E-state index in [2.05, 4.69) is 40.8 Å². The number of aromatic hydroxyl groups is 1. The number of aromatic amines is 1. The van der Waals surface area contributed by atoms with E-state index >= 15 is 0 Å². The van der Waals surface area contributed by atoms with Crippen LogP contribution >= 0.6 is 0 Å². The summed E-state index contributed by atoms with van der Waals surface area (Å²) in [4.78, 5) is 14.8. The van der Waals surface area contributed by atoms with Gasteiger partial charge in [-0.15, -0.1) is 0 Å². The van der Waals surface area contributed by atoms with Crippen molar-refractivity contribution >= 4 is 22.5 Å². The molecule has 0 radical (unpaired) electrons. The molecule has 3 aromatic carbocycles. The van der Waals surface area contributed by atoms with Gasteiger partial charge >= 0.3 is 0 Å². The highest BCUT2D eigenvalue weighted by Crippen LogP contribution is 2.48. The molecule has 4 aromatic rings. The van der Waals surface area contributed by atoms with Crippen LogP contribution in [0, 0.1) is 0 Å². The summed E-state index contributed by atoms with van der Waals surface area (Å²) in [6.07, 6.45) is 2.07. The van der Waals surface area contributed by atoms with Crippen molar-refractivity contribution in [2.75, 3.05) is 11.9 Å². The molecule has 150 valence electrons. The van der Waals surface area contributed by atoms with E-state index in [1.54, 1.807) is 12.1 Å². The van der Waals surface area contributed by atoms with Crippen LogP contribution in [0.15, 0.2) is 72.9 Å². The first-order chi connectivity index (χ1) is 14.6. The van der Waals surface area contributed by atoms with Crippen molar-refractivity contribution < 1.29 is 14.6 Å². The van der Waals surface area contributed by atoms with Gasteiger partial charge < -0.3 is 20.1 Å². The van der Waals surface area contributed by atoms with Gasteiger partial charge in [-0.3, -0.25) is 4.79 Å². The molecule has 5 heteroatoms. The third kappa shape index (κ3) is 3.18. The lowest BCUT2D eigenvalue weighted by Crippen LogP contribution is -2.25. The molecule has 0 saturated heterocycles. The topological polar surface area (TPSA) is 74.3 Å². The van der Waals surface area contributed by atoms with E-state index in [0.717, 1.165) is 22.3 Å². The predicted molar refractivity (Wildman–Crippen MR) is 117 cm³/mol. The van der Waals surface area contributed by atoms with Gasteiger partial charge in [0.1, 0.15) is 11.5 Å². The van der Waals surface area contributed by atoms with Crippen LogP contribution in [0.2, 0.25) is 0 Å². The fraction of sp³-hybridized carbons (Fsp3) is 0.160. The largest absolute Gasteiger partial charge is 0.508 e. The van der Waals surface area contributed by atoms with E-state index in [1.807, 2.05) is 30.3 Å². The lowest BCUT2D eigenvalue weighted by atomic mass is 9.76. The average Bonchev–Trinajstić information content (AvgIpc) is 3.17. The lowest BCUT2D eigenvalue weighted by Gasteiger charge is -2.34. The smallest absolute Gasteiger partial charge is 0.221 e. The number of fused-ring (bicyclic) bond motifs is 2. The van der Waals surface area contributed by atoms with Gasteiger partial charge in [0, 0.05) is 53.2 Å². The fourth-order valence-corrected chi connectivity index (χ4v) is 4.46. The summed E-state index contributed by atoms with van der Waals surface area (Å²) in [6, 6.07) is 21.6. The van der Waals surface area contributed by atoms with E-state index in [0.29, 0.717) is 12.4 Å². The number of benzene rings is 3. The predicted octanol–water partition coefficient (Wildman–Crippen LogP) is 5.14. The zero-order valence-electron chi connectivity index (χ0n) is 16.6. The molecule has 1 aliphatic rings. The Labute approximate surface area is 174 Å². The maximum atomic E-state index is 11.4. The number of H-pyrrole nitrogens is 1. The van der Waals surface area contributed by atoms with E-state index in [9.17, 15) is 9.90 Å². The monoisotopic (exact) mass is 398 g/mol. The van der Waals surface area contributed by atoms with Gasteiger partial charge in [0.25, 0.3) is 0 Å². The zero-order chi connectivity index (χ0) is 20.7. The van der Waals surface area contributed by atoms with Crippen molar-refractivity contribution in [2.24, 2.45) is 0 Å². The Kier molecular flexibility index (Phi) is 4.43. The minimum absolute atomic E-state index is 0.0555. The Morgan fingerprint density at radius 3 is 2.67 bits per heavy atom. The normalized spacial score (nSPS) is 17.9. The Morgan fingerprint density at radius 2 is 1.87 bits per heavy atom. The van der Waals surface area contributed by atoms with Crippen molar-refractivity contribution in [1.82, 2.24) is 4.98 Å². The Balaban J connectivity index is 1.63. The van der Waals surface area contributed by atoms with Crippen LogP contribution in [0.5, 0.6) is 11.5 Å². The number of carbonyl (C=O) groups excluding carboxylic acids is 1. The summed E-state index contributed by atoms with van der Waals surface area (Å²) in [6.45, 7) is 2.01. The summed E-state index contributed by atoms with van der Waals surface area (Å²) in [5.74, 6) is 0.970. The van der Waals surface area contributed by atoms with Crippen LogP contribution in [0.4, 0.5) is 5.69 Å². The quantitative estimate of drug-likeness (QED) is 0.447. The molecule has 2 atom stereocenters. The Morgan fingerprint density at radius 1 is 1.07 bits per heavy atom. The number of anilines is 1. The highest BCUT2D eigenvalue weighted by atomic mass is 16.5. The second-order valence-electron chi connectivity index (χ2n) is 7.71. The number of nitrogens with one attached hydrogen (secondary N) is 2. The Hall–Kier alpha value is -3.73. The first-order valence-electron chi connectivity index (χ1n) is 9.99.